The van der Waals surface area contributed by atoms with E-state index in [1.165, 1.54) is 6.20 Å². The summed E-state index contributed by atoms with van der Waals surface area (Å²) in [4.78, 5) is 23.6. The molecule has 0 saturated heterocycles. The van der Waals surface area contributed by atoms with E-state index in [2.05, 4.69) is 20.8 Å². The number of nitrogen functional groups attached to an aromatic ring is 1. The number of aromatic amines is 1. The van der Waals surface area contributed by atoms with Crippen molar-refractivity contribution >= 4 is 23.4 Å². The van der Waals surface area contributed by atoms with E-state index < -0.39 is 17.6 Å². The first-order valence-corrected chi connectivity index (χ1v) is 7.41. The molecule has 1 aromatic carbocycles. The van der Waals surface area contributed by atoms with Crippen molar-refractivity contribution in [2.24, 2.45) is 0 Å². The second-order valence-corrected chi connectivity index (χ2v) is 6.20. The van der Waals surface area contributed by atoms with E-state index in [1.54, 1.807) is 45.0 Å². The zero-order valence-electron chi connectivity index (χ0n) is 13.8. The molecule has 128 valence electrons. The molecule has 2 rings (SSSR count). The maximum Gasteiger partial charge on any atom is 0.407 e. The predicted molar refractivity (Wildman–Crippen MR) is 90.5 cm³/mol. The Kier molecular flexibility index (Phi) is 5.08. The van der Waals surface area contributed by atoms with Crippen LogP contribution >= 0.6 is 0 Å². The van der Waals surface area contributed by atoms with Gasteiger partial charge in [-0.2, -0.15) is 5.10 Å². The SMILES string of the molecule is CC(C)(C)OC(=O)NCc1ccc(NC(=O)c2n[nH]cc2N)cc1. The average molecular weight is 331 g/mol. The molecule has 2 amide bonds. The minimum Gasteiger partial charge on any atom is -0.444 e. The third kappa shape index (κ3) is 5.01. The molecule has 0 aliphatic heterocycles. The lowest BCUT2D eigenvalue weighted by Crippen LogP contribution is -2.32. The second-order valence-electron chi connectivity index (χ2n) is 6.20. The Hall–Kier alpha value is -3.03. The van der Waals surface area contributed by atoms with E-state index in [0.717, 1.165) is 5.56 Å². The number of ether oxygens (including phenoxy) is 1. The van der Waals surface area contributed by atoms with Gasteiger partial charge in [-0.25, -0.2) is 4.79 Å². The number of rotatable bonds is 4. The standard InChI is InChI=1S/C16H21N5O3/c1-16(2,3)24-15(23)18-8-10-4-6-11(7-5-10)20-14(22)13-12(17)9-19-21-13/h4-7,9H,8,17H2,1-3H3,(H,18,23)(H,19,21)(H,20,22). The summed E-state index contributed by atoms with van der Waals surface area (Å²) in [6, 6.07) is 7.04. The molecule has 0 unspecified atom stereocenters. The Morgan fingerprint density at radius 1 is 1.25 bits per heavy atom. The van der Waals surface area contributed by atoms with Gasteiger partial charge in [-0.15, -0.1) is 0 Å². The van der Waals surface area contributed by atoms with Crippen molar-refractivity contribution in [2.45, 2.75) is 32.9 Å². The molecule has 24 heavy (non-hydrogen) atoms. The highest BCUT2D eigenvalue weighted by molar-refractivity contribution is 6.06. The van der Waals surface area contributed by atoms with Gasteiger partial charge in [-0.1, -0.05) is 12.1 Å². The Balaban J connectivity index is 1.88. The van der Waals surface area contributed by atoms with Crippen LogP contribution in [-0.2, 0) is 11.3 Å². The van der Waals surface area contributed by atoms with Crippen LogP contribution in [0.4, 0.5) is 16.2 Å². The fraction of sp³-hybridized carbons (Fsp3) is 0.312. The van der Waals surface area contributed by atoms with Crippen LogP contribution in [0.2, 0.25) is 0 Å². The first kappa shape index (κ1) is 17.3. The Morgan fingerprint density at radius 3 is 2.46 bits per heavy atom. The first-order valence-electron chi connectivity index (χ1n) is 7.41. The lowest BCUT2D eigenvalue weighted by Gasteiger charge is -2.19. The molecule has 5 N–H and O–H groups in total. The van der Waals surface area contributed by atoms with Gasteiger partial charge >= 0.3 is 6.09 Å². The molecular weight excluding hydrogens is 310 g/mol. The molecule has 0 radical (unpaired) electrons. The molecule has 8 heteroatoms. The van der Waals surface area contributed by atoms with Crippen LogP contribution in [0.3, 0.4) is 0 Å². The summed E-state index contributed by atoms with van der Waals surface area (Å²) in [6.45, 7) is 5.73. The van der Waals surface area contributed by atoms with Gasteiger partial charge in [-0.05, 0) is 38.5 Å². The van der Waals surface area contributed by atoms with E-state index in [4.69, 9.17) is 10.5 Å². The normalized spacial score (nSPS) is 11.0. The minimum absolute atomic E-state index is 0.144. The summed E-state index contributed by atoms with van der Waals surface area (Å²) < 4.78 is 5.16. The molecule has 2 aromatic rings. The summed E-state index contributed by atoms with van der Waals surface area (Å²) in [5.41, 5.74) is 6.99. The minimum atomic E-state index is -0.535. The lowest BCUT2D eigenvalue weighted by atomic mass is 10.2. The van der Waals surface area contributed by atoms with Crippen LogP contribution in [0, 0.1) is 0 Å². The van der Waals surface area contributed by atoms with Crippen molar-refractivity contribution < 1.29 is 14.3 Å². The number of H-pyrrole nitrogens is 1. The molecule has 1 aromatic heterocycles. The Bertz CT molecular complexity index is 716. The number of alkyl carbamates (subject to hydrolysis) is 1. The summed E-state index contributed by atoms with van der Waals surface area (Å²) in [7, 11) is 0. The topological polar surface area (TPSA) is 122 Å². The van der Waals surface area contributed by atoms with Gasteiger partial charge in [0.25, 0.3) is 5.91 Å². The van der Waals surface area contributed by atoms with E-state index in [0.29, 0.717) is 12.2 Å². The van der Waals surface area contributed by atoms with Gasteiger partial charge in [-0.3, -0.25) is 9.89 Å². The maximum atomic E-state index is 12.0. The van der Waals surface area contributed by atoms with Gasteiger partial charge in [0.2, 0.25) is 0 Å². The molecule has 0 bridgehead atoms. The molecule has 0 saturated carbocycles. The van der Waals surface area contributed by atoms with Crippen molar-refractivity contribution in [3.63, 3.8) is 0 Å². The van der Waals surface area contributed by atoms with Crippen LogP contribution in [0.15, 0.2) is 30.5 Å². The third-order valence-corrected chi connectivity index (χ3v) is 2.93. The molecule has 8 nitrogen and oxygen atoms in total. The van der Waals surface area contributed by atoms with Crippen LogP contribution in [-0.4, -0.2) is 27.8 Å². The van der Waals surface area contributed by atoms with Gasteiger partial charge in [0.15, 0.2) is 5.69 Å². The average Bonchev–Trinajstić information content (AvgIpc) is 2.91. The molecule has 0 atom stereocenters. The van der Waals surface area contributed by atoms with Crippen molar-refractivity contribution in [3.8, 4) is 0 Å². The molecule has 0 spiro atoms. The van der Waals surface area contributed by atoms with Crippen LogP contribution < -0.4 is 16.4 Å². The number of carbonyl (C=O) groups excluding carboxylic acids is 2. The smallest absolute Gasteiger partial charge is 0.407 e. The monoisotopic (exact) mass is 331 g/mol. The van der Waals surface area contributed by atoms with Gasteiger partial charge < -0.3 is 21.1 Å². The number of benzene rings is 1. The van der Waals surface area contributed by atoms with Crippen molar-refractivity contribution in [3.05, 3.63) is 41.7 Å². The van der Waals surface area contributed by atoms with Gasteiger partial charge in [0, 0.05) is 18.4 Å². The fourth-order valence-corrected chi connectivity index (χ4v) is 1.87. The van der Waals surface area contributed by atoms with Crippen molar-refractivity contribution in [1.29, 1.82) is 0 Å². The predicted octanol–water partition coefficient (Wildman–Crippen LogP) is 2.27. The highest BCUT2D eigenvalue weighted by Crippen LogP contribution is 2.13. The molecule has 1 heterocycles. The highest BCUT2D eigenvalue weighted by atomic mass is 16.6. The molecular formula is C16H21N5O3. The largest absolute Gasteiger partial charge is 0.444 e. The third-order valence-electron chi connectivity index (χ3n) is 2.93. The highest BCUT2D eigenvalue weighted by Gasteiger charge is 2.16. The summed E-state index contributed by atoms with van der Waals surface area (Å²) in [5, 5.41) is 11.7. The quantitative estimate of drug-likeness (QED) is 0.684. The van der Waals surface area contributed by atoms with Crippen molar-refractivity contribution in [1.82, 2.24) is 15.5 Å². The Labute approximate surface area is 139 Å². The number of aromatic nitrogens is 2. The van der Waals surface area contributed by atoms with Crippen LogP contribution in [0.5, 0.6) is 0 Å². The number of anilines is 2. The Morgan fingerprint density at radius 2 is 1.92 bits per heavy atom. The number of amides is 2. The van der Waals surface area contributed by atoms with E-state index >= 15 is 0 Å². The van der Waals surface area contributed by atoms with E-state index in [1.807, 2.05) is 0 Å². The number of carbonyl (C=O) groups is 2. The number of hydrogen-bond acceptors (Lipinski definition) is 5. The van der Waals surface area contributed by atoms with E-state index in [-0.39, 0.29) is 11.4 Å². The summed E-state index contributed by atoms with van der Waals surface area (Å²) in [5.74, 6) is -0.395. The maximum absolute atomic E-state index is 12.0. The van der Waals surface area contributed by atoms with Crippen LogP contribution in [0.1, 0.15) is 36.8 Å². The van der Waals surface area contributed by atoms with Gasteiger partial charge in [0.1, 0.15) is 5.60 Å². The summed E-state index contributed by atoms with van der Waals surface area (Å²) in [6.07, 6.45) is 0.967. The zero-order valence-corrected chi connectivity index (χ0v) is 13.8. The van der Waals surface area contributed by atoms with Crippen LogP contribution in [0.25, 0.3) is 0 Å². The van der Waals surface area contributed by atoms with Gasteiger partial charge in [0.05, 0.1) is 5.69 Å². The number of nitrogens with zero attached hydrogens (tertiary/aromatic N) is 1. The summed E-state index contributed by atoms with van der Waals surface area (Å²) >= 11 is 0. The van der Waals surface area contributed by atoms with E-state index in [9.17, 15) is 9.59 Å². The number of nitrogens with two attached hydrogens (primary N) is 1. The fourth-order valence-electron chi connectivity index (χ4n) is 1.87. The number of hydrogen-bond donors (Lipinski definition) is 4. The second kappa shape index (κ2) is 7.03. The molecule has 0 aliphatic rings. The number of nitrogens with one attached hydrogen (secondary N) is 3. The molecule has 0 fully saturated rings. The van der Waals surface area contributed by atoms with Crippen molar-refractivity contribution in [2.75, 3.05) is 11.1 Å². The first-order chi connectivity index (χ1) is 11.2. The zero-order chi connectivity index (χ0) is 17.7. The lowest BCUT2D eigenvalue weighted by molar-refractivity contribution is 0.0523. The molecule has 0 aliphatic carbocycles.